The number of rotatable bonds is 13. The third kappa shape index (κ3) is 10.3. The first-order valence-corrected chi connectivity index (χ1v) is 26.5. The fraction of sp³-hybridized carbons (Fsp3) is 0.500. The molecule has 5 aromatic carbocycles. The molecule has 65 heavy (non-hydrogen) atoms. The van der Waals surface area contributed by atoms with E-state index in [0.717, 1.165) is 45.1 Å². The summed E-state index contributed by atoms with van der Waals surface area (Å²) in [5, 5.41) is 4.50. The summed E-state index contributed by atoms with van der Waals surface area (Å²) < 4.78 is 21.2. The second kappa shape index (κ2) is 20.5. The summed E-state index contributed by atoms with van der Waals surface area (Å²) in [6, 6.07) is 18.8. The molecule has 0 N–H and O–H groups in total. The maximum absolute atomic E-state index is 7.30. The number of benzene rings is 5. The third-order valence-corrected chi connectivity index (χ3v) is 17.9. The molecular formula is C60H80BO3P. The molecule has 2 aliphatic carbocycles. The lowest BCUT2D eigenvalue weighted by molar-refractivity contribution is 0.302. The predicted octanol–water partition coefficient (Wildman–Crippen LogP) is 16.0. The van der Waals surface area contributed by atoms with Crippen LogP contribution in [0.1, 0.15) is 205 Å². The number of hydrogen-bond acceptors (Lipinski definition) is 3. The minimum absolute atomic E-state index is 0.428. The van der Waals surface area contributed by atoms with Gasteiger partial charge in [0.2, 0.25) is 0 Å². The molecule has 0 radical (unpaired) electrons. The minimum atomic E-state index is -1.04. The van der Waals surface area contributed by atoms with Crippen LogP contribution in [0.5, 0.6) is 17.2 Å². The largest absolute Gasteiger partial charge is 0.864 e. The van der Waals surface area contributed by atoms with E-state index in [-0.39, 0.29) is 0 Å². The monoisotopic (exact) mass is 891 g/mol. The summed E-state index contributed by atoms with van der Waals surface area (Å²) in [4.78, 5) is 0. The van der Waals surface area contributed by atoms with Crippen LogP contribution in [0.3, 0.4) is 0 Å². The van der Waals surface area contributed by atoms with E-state index in [1.807, 2.05) is 0 Å². The molecule has 0 spiro atoms. The zero-order chi connectivity index (χ0) is 47.0. The molecule has 0 heterocycles. The van der Waals surface area contributed by atoms with E-state index in [1.165, 1.54) is 114 Å². The fourth-order valence-corrected chi connectivity index (χ4v) is 15.5. The summed E-state index contributed by atoms with van der Waals surface area (Å²) in [5.41, 5.74) is 21.1. The molecule has 0 amide bonds. The fourth-order valence-electron chi connectivity index (χ4n) is 12.3. The standard InChI is InChI=1S/C60H80BO3P/c1-35(2)51-34-52(55(50-25-21-18-22-26-50)53(36(3)4)54(51)49-23-19-17-20-24-49)65(59-45(13)31-39(7)32-46(59)14)60-47(15)33-44(12)58(48(60)16)64-61(62-56-40(8)27-37(5)28-41(56)9)63-57-42(10)29-38(6)30-43(57)11/h27-36,49-50H,17-26H2,1-16H3. The van der Waals surface area contributed by atoms with E-state index >= 15 is 0 Å². The van der Waals surface area contributed by atoms with Gasteiger partial charge in [0.05, 0.1) is 0 Å². The highest BCUT2D eigenvalue weighted by Crippen LogP contribution is 2.51. The maximum atomic E-state index is 7.30. The van der Waals surface area contributed by atoms with Crippen molar-refractivity contribution in [3.8, 4) is 17.2 Å². The van der Waals surface area contributed by atoms with Crippen molar-refractivity contribution < 1.29 is 14.0 Å². The molecule has 0 bridgehead atoms. The van der Waals surface area contributed by atoms with Crippen LogP contribution in [-0.4, -0.2) is 7.32 Å². The van der Waals surface area contributed by atoms with E-state index in [9.17, 15) is 0 Å². The molecule has 2 saturated carbocycles. The molecule has 0 saturated heterocycles. The predicted molar refractivity (Wildman–Crippen MR) is 282 cm³/mol. The summed E-state index contributed by atoms with van der Waals surface area (Å²) in [7, 11) is -2.06. The maximum Gasteiger partial charge on any atom is 0.864 e. The van der Waals surface area contributed by atoms with Crippen LogP contribution in [-0.2, 0) is 0 Å². The first kappa shape index (κ1) is 48.9. The van der Waals surface area contributed by atoms with Crippen molar-refractivity contribution in [2.24, 2.45) is 0 Å². The molecule has 0 aliphatic heterocycles. The number of aryl methyl sites for hydroxylation is 11. The van der Waals surface area contributed by atoms with Crippen LogP contribution >= 0.6 is 7.92 Å². The molecule has 2 aliphatic rings. The van der Waals surface area contributed by atoms with Crippen molar-refractivity contribution >= 4 is 31.2 Å². The van der Waals surface area contributed by atoms with Crippen molar-refractivity contribution in [3.05, 3.63) is 138 Å². The van der Waals surface area contributed by atoms with Gasteiger partial charge in [-0.3, -0.25) is 0 Å². The van der Waals surface area contributed by atoms with E-state index in [0.29, 0.717) is 23.7 Å². The Morgan fingerprint density at radius 1 is 0.431 bits per heavy atom. The lowest BCUT2D eigenvalue weighted by Gasteiger charge is -2.39. The topological polar surface area (TPSA) is 27.7 Å². The van der Waals surface area contributed by atoms with Crippen LogP contribution in [0, 0.1) is 83.1 Å². The van der Waals surface area contributed by atoms with E-state index < -0.39 is 15.2 Å². The Labute approximate surface area is 396 Å². The Bertz CT molecular complexity index is 2410. The van der Waals surface area contributed by atoms with Gasteiger partial charge in [0, 0.05) is 0 Å². The van der Waals surface area contributed by atoms with Gasteiger partial charge in [-0.1, -0.05) is 125 Å². The van der Waals surface area contributed by atoms with E-state index in [2.05, 4.69) is 159 Å². The van der Waals surface area contributed by atoms with Gasteiger partial charge in [-0.2, -0.15) is 0 Å². The highest BCUT2D eigenvalue weighted by molar-refractivity contribution is 7.80. The third-order valence-electron chi connectivity index (χ3n) is 14.7. The van der Waals surface area contributed by atoms with Gasteiger partial charge in [0.1, 0.15) is 17.2 Å². The van der Waals surface area contributed by atoms with Gasteiger partial charge in [0.25, 0.3) is 0 Å². The normalized spacial score (nSPS) is 15.5. The summed E-state index contributed by atoms with van der Waals surface area (Å²) in [6.45, 7) is 36.6. The molecule has 5 aromatic rings. The smallest absolute Gasteiger partial charge is 0.489 e. The van der Waals surface area contributed by atoms with Crippen LogP contribution in [0.25, 0.3) is 0 Å². The van der Waals surface area contributed by atoms with Gasteiger partial charge in [0.15, 0.2) is 0 Å². The van der Waals surface area contributed by atoms with Gasteiger partial charge < -0.3 is 14.0 Å². The summed E-state index contributed by atoms with van der Waals surface area (Å²) in [6.07, 6.45) is 13.2. The Kier molecular flexibility index (Phi) is 15.4. The Hall–Kier alpha value is -4.01. The molecular weight excluding hydrogens is 810 g/mol. The molecule has 2 fully saturated rings. The highest BCUT2D eigenvalue weighted by atomic mass is 31.1. The van der Waals surface area contributed by atoms with Gasteiger partial charge in [-0.15, -0.1) is 0 Å². The van der Waals surface area contributed by atoms with Crippen molar-refractivity contribution in [2.75, 3.05) is 0 Å². The van der Waals surface area contributed by atoms with Gasteiger partial charge in [-0.25, -0.2) is 0 Å². The Morgan fingerprint density at radius 3 is 1.25 bits per heavy atom. The summed E-state index contributed by atoms with van der Waals surface area (Å²) >= 11 is 0. The average Bonchev–Trinajstić information content (AvgIpc) is 3.23. The molecule has 5 heteroatoms. The average molecular weight is 891 g/mol. The van der Waals surface area contributed by atoms with Crippen molar-refractivity contribution in [1.82, 2.24) is 0 Å². The van der Waals surface area contributed by atoms with Crippen molar-refractivity contribution in [1.29, 1.82) is 0 Å². The van der Waals surface area contributed by atoms with Crippen LogP contribution < -0.4 is 29.9 Å². The molecule has 3 nitrogen and oxygen atoms in total. The van der Waals surface area contributed by atoms with Crippen molar-refractivity contribution in [3.63, 3.8) is 0 Å². The molecule has 7 rings (SSSR count). The lowest BCUT2D eigenvalue weighted by Crippen LogP contribution is -2.39. The first-order chi connectivity index (χ1) is 30.9. The minimum Gasteiger partial charge on any atom is -0.489 e. The second-order valence-corrected chi connectivity index (χ2v) is 23.2. The molecule has 1 atom stereocenters. The summed E-state index contributed by atoms with van der Waals surface area (Å²) in [5.74, 6) is 4.53. The van der Waals surface area contributed by atoms with E-state index in [4.69, 9.17) is 14.0 Å². The van der Waals surface area contributed by atoms with E-state index in [1.54, 1.807) is 27.6 Å². The zero-order valence-corrected chi connectivity index (χ0v) is 44.1. The van der Waals surface area contributed by atoms with Crippen LogP contribution in [0.2, 0.25) is 0 Å². The van der Waals surface area contributed by atoms with Crippen LogP contribution in [0.4, 0.5) is 0 Å². The van der Waals surface area contributed by atoms with Crippen LogP contribution in [0.15, 0.2) is 48.5 Å². The van der Waals surface area contributed by atoms with Gasteiger partial charge in [-0.05, 0) is 235 Å². The SMILES string of the molecule is Cc1cc(C)c(OB(Oc2c(C)cc(C)cc2C)Oc2c(C)cc(C)c(P(c3cc(C(C)C)c(C4CCCCC4)c(C(C)C)c3C3CCCCC3)c3c(C)cc(C)cc3C)c2C)c(C)c1. The quantitative estimate of drug-likeness (QED) is 0.0871. The highest BCUT2D eigenvalue weighted by Gasteiger charge is 2.38. The molecule has 0 aromatic heterocycles. The lowest BCUT2D eigenvalue weighted by atomic mass is 9.71. The zero-order valence-electron chi connectivity index (χ0n) is 43.2. The van der Waals surface area contributed by atoms with Gasteiger partial charge >= 0.3 is 7.32 Å². The Morgan fingerprint density at radius 2 is 0.815 bits per heavy atom. The second-order valence-electron chi connectivity index (χ2n) is 21.2. The first-order valence-electron chi connectivity index (χ1n) is 25.2. The molecule has 1 unspecified atom stereocenters. The Balaban J connectivity index is 1.52. The number of hydrogen-bond donors (Lipinski definition) is 0. The molecule has 346 valence electrons. The van der Waals surface area contributed by atoms with Crippen molar-refractivity contribution in [2.45, 2.75) is 199 Å².